The molecule has 2 amide bonds. The lowest BCUT2D eigenvalue weighted by molar-refractivity contribution is 0.0676. The molecule has 3 rings (SSSR count). The van der Waals surface area contributed by atoms with E-state index in [1.807, 2.05) is 9.80 Å². The molecule has 5 nitrogen and oxygen atoms in total. The largest absolute Gasteiger partial charge is 0.339 e. The fourth-order valence-electron chi connectivity index (χ4n) is 3.61. The van der Waals surface area contributed by atoms with Crippen molar-refractivity contribution in [2.75, 3.05) is 26.2 Å². The van der Waals surface area contributed by atoms with Gasteiger partial charge in [0.05, 0.1) is 0 Å². The zero-order valence-corrected chi connectivity index (χ0v) is 14.7. The van der Waals surface area contributed by atoms with Gasteiger partial charge in [-0.3, -0.25) is 14.6 Å². The molecule has 130 valence electrons. The maximum Gasteiger partial charge on any atom is 0.272 e. The molecule has 1 unspecified atom stereocenters. The van der Waals surface area contributed by atoms with E-state index in [1.165, 1.54) is 6.42 Å². The first kappa shape index (κ1) is 16.9. The molecule has 1 aromatic rings. The summed E-state index contributed by atoms with van der Waals surface area (Å²) >= 11 is 0. The number of likely N-dealkylation sites (tertiary alicyclic amines) is 2. The molecule has 1 atom stereocenters. The van der Waals surface area contributed by atoms with Crippen molar-refractivity contribution >= 4 is 11.8 Å². The molecule has 1 aromatic heterocycles. The highest BCUT2D eigenvalue weighted by Gasteiger charge is 2.25. The van der Waals surface area contributed by atoms with E-state index in [0.717, 1.165) is 45.4 Å². The number of hydrogen-bond acceptors (Lipinski definition) is 3. The van der Waals surface area contributed by atoms with Crippen LogP contribution in [0.1, 0.15) is 60.4 Å². The van der Waals surface area contributed by atoms with Gasteiger partial charge in [-0.1, -0.05) is 13.8 Å². The molecule has 0 aromatic carbocycles. The van der Waals surface area contributed by atoms with Gasteiger partial charge in [-0.25, -0.2) is 0 Å². The van der Waals surface area contributed by atoms with Gasteiger partial charge >= 0.3 is 0 Å². The second-order valence-corrected chi connectivity index (χ2v) is 7.40. The Morgan fingerprint density at radius 2 is 1.75 bits per heavy atom. The third-order valence-electron chi connectivity index (χ3n) is 5.24. The van der Waals surface area contributed by atoms with Crippen molar-refractivity contribution in [3.8, 4) is 0 Å². The minimum atomic E-state index is -0.0523. The number of piperidine rings is 2. The topological polar surface area (TPSA) is 53.5 Å². The van der Waals surface area contributed by atoms with Crippen molar-refractivity contribution in [1.82, 2.24) is 14.8 Å². The van der Waals surface area contributed by atoms with Gasteiger partial charge in [0.1, 0.15) is 5.69 Å². The van der Waals surface area contributed by atoms with Gasteiger partial charge in [-0.05, 0) is 49.7 Å². The van der Waals surface area contributed by atoms with Crippen LogP contribution in [0.2, 0.25) is 0 Å². The summed E-state index contributed by atoms with van der Waals surface area (Å²) in [5, 5.41) is 0. The third-order valence-corrected chi connectivity index (χ3v) is 5.24. The van der Waals surface area contributed by atoms with E-state index in [-0.39, 0.29) is 11.8 Å². The molecule has 0 N–H and O–H groups in total. The number of aromatic nitrogens is 1. The van der Waals surface area contributed by atoms with Crippen molar-refractivity contribution < 1.29 is 9.59 Å². The predicted octanol–water partition coefficient (Wildman–Crippen LogP) is 2.83. The minimum absolute atomic E-state index is 0.0189. The van der Waals surface area contributed by atoms with E-state index >= 15 is 0 Å². The summed E-state index contributed by atoms with van der Waals surface area (Å²) in [6, 6.07) is 3.39. The minimum Gasteiger partial charge on any atom is -0.339 e. The van der Waals surface area contributed by atoms with Crippen LogP contribution in [0.15, 0.2) is 18.3 Å². The van der Waals surface area contributed by atoms with Crippen LogP contribution in [-0.2, 0) is 0 Å². The number of rotatable bonds is 2. The number of hydrogen-bond donors (Lipinski definition) is 0. The Hall–Kier alpha value is -1.91. The first-order valence-electron chi connectivity index (χ1n) is 9.09. The van der Waals surface area contributed by atoms with E-state index in [4.69, 9.17) is 0 Å². The van der Waals surface area contributed by atoms with E-state index in [2.05, 4.69) is 18.8 Å². The molecule has 0 aliphatic carbocycles. The van der Waals surface area contributed by atoms with E-state index < -0.39 is 0 Å². The lowest BCUT2D eigenvalue weighted by Crippen LogP contribution is -2.40. The number of amides is 2. The zero-order chi connectivity index (χ0) is 17.1. The summed E-state index contributed by atoms with van der Waals surface area (Å²) in [6.07, 6.45) is 5.89. The monoisotopic (exact) mass is 329 g/mol. The molecule has 5 heteroatoms. The Bertz CT molecular complexity index is 608. The Morgan fingerprint density at radius 3 is 2.46 bits per heavy atom. The Kier molecular flexibility index (Phi) is 5.17. The Balaban J connectivity index is 1.71. The van der Waals surface area contributed by atoms with Gasteiger partial charge in [0.2, 0.25) is 0 Å². The van der Waals surface area contributed by atoms with Crippen molar-refractivity contribution in [3.63, 3.8) is 0 Å². The summed E-state index contributed by atoms with van der Waals surface area (Å²) in [5.74, 6) is 1.18. The number of nitrogens with zero attached hydrogens (tertiary/aromatic N) is 3. The van der Waals surface area contributed by atoms with Gasteiger partial charge in [-0.15, -0.1) is 0 Å². The molecule has 2 saturated heterocycles. The van der Waals surface area contributed by atoms with Crippen LogP contribution in [0.3, 0.4) is 0 Å². The lowest BCUT2D eigenvalue weighted by atomic mass is 9.98. The molecule has 0 saturated carbocycles. The molecule has 24 heavy (non-hydrogen) atoms. The van der Waals surface area contributed by atoms with Crippen LogP contribution in [0.25, 0.3) is 0 Å². The van der Waals surface area contributed by atoms with Gasteiger partial charge in [-0.2, -0.15) is 0 Å². The van der Waals surface area contributed by atoms with E-state index in [0.29, 0.717) is 23.1 Å². The molecule has 2 aliphatic heterocycles. The third kappa shape index (κ3) is 3.77. The highest BCUT2D eigenvalue weighted by atomic mass is 16.2. The van der Waals surface area contributed by atoms with Crippen LogP contribution >= 0.6 is 0 Å². The van der Waals surface area contributed by atoms with E-state index in [9.17, 15) is 9.59 Å². The van der Waals surface area contributed by atoms with Crippen molar-refractivity contribution in [2.24, 2.45) is 11.8 Å². The first-order valence-corrected chi connectivity index (χ1v) is 9.09. The zero-order valence-electron chi connectivity index (χ0n) is 14.7. The molecule has 2 fully saturated rings. The molecule has 2 aliphatic rings. The maximum atomic E-state index is 12.7. The quantitative estimate of drug-likeness (QED) is 0.838. The van der Waals surface area contributed by atoms with Crippen LogP contribution in [0.4, 0.5) is 0 Å². The van der Waals surface area contributed by atoms with Crippen molar-refractivity contribution in [1.29, 1.82) is 0 Å². The average Bonchev–Trinajstić information content (AvgIpc) is 2.61. The normalized spacial score (nSPS) is 22.5. The number of carbonyl (C=O) groups is 2. The predicted molar refractivity (Wildman–Crippen MR) is 92.8 cm³/mol. The summed E-state index contributed by atoms with van der Waals surface area (Å²) in [7, 11) is 0. The lowest BCUT2D eigenvalue weighted by Gasteiger charge is -2.31. The molecule has 0 bridgehead atoms. The van der Waals surface area contributed by atoms with Gasteiger partial charge in [0.15, 0.2) is 0 Å². The molecular weight excluding hydrogens is 302 g/mol. The summed E-state index contributed by atoms with van der Waals surface area (Å²) in [5.41, 5.74) is 0.966. The van der Waals surface area contributed by atoms with Crippen LogP contribution < -0.4 is 0 Å². The van der Waals surface area contributed by atoms with Gasteiger partial charge in [0.25, 0.3) is 11.8 Å². The average molecular weight is 329 g/mol. The van der Waals surface area contributed by atoms with Crippen LogP contribution in [0.5, 0.6) is 0 Å². The van der Waals surface area contributed by atoms with Crippen LogP contribution in [-0.4, -0.2) is 52.8 Å². The van der Waals surface area contributed by atoms with Crippen molar-refractivity contribution in [2.45, 2.75) is 39.5 Å². The van der Waals surface area contributed by atoms with Crippen LogP contribution in [0, 0.1) is 11.8 Å². The number of pyridine rings is 1. The summed E-state index contributed by atoms with van der Waals surface area (Å²) in [6.45, 7) is 7.56. The highest BCUT2D eigenvalue weighted by molar-refractivity contribution is 5.98. The Morgan fingerprint density at radius 1 is 1.00 bits per heavy atom. The first-order chi connectivity index (χ1) is 11.5. The molecule has 0 spiro atoms. The maximum absolute atomic E-state index is 12.7. The smallest absolute Gasteiger partial charge is 0.272 e. The van der Waals surface area contributed by atoms with Gasteiger partial charge < -0.3 is 9.80 Å². The fraction of sp³-hybridized carbons (Fsp3) is 0.632. The summed E-state index contributed by atoms with van der Waals surface area (Å²) < 4.78 is 0. The standard InChI is InChI=1S/C19H27N3O2/c1-14-6-10-21(11-7-14)18(23)16-5-8-20-17(12-16)19(24)22-9-3-4-15(2)13-22/h5,8,12,14-15H,3-4,6-7,9-11,13H2,1-2H3. The second kappa shape index (κ2) is 7.32. The highest BCUT2D eigenvalue weighted by Crippen LogP contribution is 2.20. The molecular formula is C19H27N3O2. The molecule has 3 heterocycles. The van der Waals surface area contributed by atoms with E-state index in [1.54, 1.807) is 18.3 Å². The van der Waals surface area contributed by atoms with Gasteiger partial charge in [0, 0.05) is 37.9 Å². The number of carbonyl (C=O) groups excluding carboxylic acids is 2. The second-order valence-electron chi connectivity index (χ2n) is 7.40. The van der Waals surface area contributed by atoms with Crippen molar-refractivity contribution in [3.05, 3.63) is 29.6 Å². The fourth-order valence-corrected chi connectivity index (χ4v) is 3.61. The Labute approximate surface area is 144 Å². The SMILES string of the molecule is CC1CCN(C(=O)c2ccnc(C(=O)N3CCCC(C)C3)c2)CC1. The molecule has 0 radical (unpaired) electrons. The summed E-state index contributed by atoms with van der Waals surface area (Å²) in [4.78, 5) is 33.3.